The summed E-state index contributed by atoms with van der Waals surface area (Å²) < 4.78 is 43.6. The normalized spacial score (nSPS) is 13.0. The van der Waals surface area contributed by atoms with Gasteiger partial charge in [-0.15, -0.1) is 0 Å². The Bertz CT molecular complexity index is 1060. The minimum Gasteiger partial charge on any atom is -0.496 e. The van der Waals surface area contributed by atoms with Crippen molar-refractivity contribution in [2.24, 2.45) is 0 Å². The first-order valence-corrected chi connectivity index (χ1v) is 11.1. The first kappa shape index (κ1) is 26.2. The number of nitrogens with one attached hydrogen (secondary N) is 1. The third kappa shape index (κ3) is 6.25. The van der Waals surface area contributed by atoms with E-state index in [1.165, 1.54) is 48.4 Å². The maximum atomic E-state index is 12.3. The van der Waals surface area contributed by atoms with Gasteiger partial charge in [0.2, 0.25) is 0 Å². The average Bonchev–Trinajstić information content (AvgIpc) is 2.77. The second-order valence-corrected chi connectivity index (χ2v) is 8.39. The van der Waals surface area contributed by atoms with Crippen LogP contribution in [-0.4, -0.2) is 53.8 Å². The largest absolute Gasteiger partial charge is 0.496 e. The number of ether oxygens (including phenoxy) is 4. The van der Waals surface area contributed by atoms with E-state index in [4.69, 9.17) is 18.9 Å². The van der Waals surface area contributed by atoms with E-state index >= 15 is 0 Å². The molecule has 2 aromatic rings. The van der Waals surface area contributed by atoms with Gasteiger partial charge >= 0.3 is 0 Å². The molecule has 1 atom stereocenters. The Labute approximate surface area is 195 Å². The summed E-state index contributed by atoms with van der Waals surface area (Å²) in [7, 11) is 5.86. The molecule has 0 heterocycles. The summed E-state index contributed by atoms with van der Waals surface area (Å²) in [5.74, 6) is 0.452. The van der Waals surface area contributed by atoms with Crippen LogP contribution in [0, 0.1) is 0 Å². The smallest absolute Gasteiger partial charge is 0.255 e. The summed E-state index contributed by atoms with van der Waals surface area (Å²) in [4.78, 5) is 12.3. The third-order valence-corrected chi connectivity index (χ3v) is 5.28. The van der Waals surface area contributed by atoms with E-state index in [1.807, 2.05) is 12.1 Å². The monoisotopic (exact) mass is 479 g/mol. The highest BCUT2D eigenvalue weighted by Gasteiger charge is 2.27. The number of para-hydroxylation sites is 1. The standard InChI is InChI=1S/C23H29NO8S/c1-23(2,26)22(25)24-17-11-14(13-33(27)28)16(12-19(17)30-4)21(32-6)20(31-5)15-9-7-8-10-18(15)29-3/h7-12,26H,13H2,1-6H3,(H,24,25)(H,27,28). The van der Waals surface area contributed by atoms with Crippen LogP contribution in [0.2, 0.25) is 0 Å². The molecule has 9 nitrogen and oxygen atoms in total. The summed E-state index contributed by atoms with van der Waals surface area (Å²) in [6, 6.07) is 10.2. The van der Waals surface area contributed by atoms with Gasteiger partial charge in [-0.2, -0.15) is 0 Å². The van der Waals surface area contributed by atoms with Gasteiger partial charge in [0.25, 0.3) is 5.91 Å². The van der Waals surface area contributed by atoms with E-state index in [9.17, 15) is 18.7 Å². The van der Waals surface area contributed by atoms with Crippen molar-refractivity contribution in [1.82, 2.24) is 0 Å². The van der Waals surface area contributed by atoms with Crippen molar-refractivity contribution in [3.63, 3.8) is 0 Å². The Balaban J connectivity index is 2.80. The summed E-state index contributed by atoms with van der Waals surface area (Å²) in [6.45, 7) is 2.69. The minimum atomic E-state index is -2.20. The first-order chi connectivity index (χ1) is 15.6. The summed E-state index contributed by atoms with van der Waals surface area (Å²) in [5.41, 5.74) is -0.0204. The molecule has 1 unspecified atom stereocenters. The molecule has 2 aromatic carbocycles. The van der Waals surface area contributed by atoms with E-state index < -0.39 is 22.6 Å². The second kappa shape index (κ2) is 11.2. The van der Waals surface area contributed by atoms with Crippen LogP contribution < -0.4 is 14.8 Å². The lowest BCUT2D eigenvalue weighted by Gasteiger charge is -2.22. The molecular weight excluding hydrogens is 450 g/mol. The number of hydrogen-bond acceptors (Lipinski definition) is 7. The van der Waals surface area contributed by atoms with Crippen LogP contribution in [0.5, 0.6) is 11.5 Å². The van der Waals surface area contributed by atoms with Gasteiger partial charge in [-0.1, -0.05) is 12.1 Å². The van der Waals surface area contributed by atoms with Crippen molar-refractivity contribution in [3.8, 4) is 11.5 Å². The molecule has 0 saturated carbocycles. The van der Waals surface area contributed by atoms with Crippen molar-refractivity contribution >= 4 is 34.2 Å². The minimum absolute atomic E-state index is 0.223. The molecule has 3 N–H and O–H groups in total. The Morgan fingerprint density at radius 2 is 1.55 bits per heavy atom. The van der Waals surface area contributed by atoms with Gasteiger partial charge in [0, 0.05) is 5.56 Å². The fourth-order valence-electron chi connectivity index (χ4n) is 3.11. The van der Waals surface area contributed by atoms with Crippen LogP contribution in [0.15, 0.2) is 36.4 Å². The van der Waals surface area contributed by atoms with E-state index in [2.05, 4.69) is 5.32 Å². The third-order valence-electron chi connectivity index (χ3n) is 4.72. The zero-order valence-corrected chi connectivity index (χ0v) is 20.2. The van der Waals surface area contributed by atoms with Crippen LogP contribution >= 0.6 is 0 Å². The maximum absolute atomic E-state index is 12.3. The van der Waals surface area contributed by atoms with Gasteiger partial charge in [0.05, 0.1) is 45.4 Å². The molecule has 2 rings (SSSR count). The van der Waals surface area contributed by atoms with E-state index in [0.717, 1.165) is 0 Å². The van der Waals surface area contributed by atoms with Crippen LogP contribution in [0.25, 0.3) is 11.5 Å². The molecular formula is C23H29NO8S. The second-order valence-electron chi connectivity index (χ2n) is 7.46. The molecule has 0 fully saturated rings. The zero-order chi connectivity index (χ0) is 24.8. The molecule has 0 aliphatic carbocycles. The summed E-state index contributed by atoms with van der Waals surface area (Å²) in [5, 5.41) is 12.6. The van der Waals surface area contributed by atoms with Crippen LogP contribution in [0.4, 0.5) is 5.69 Å². The fraction of sp³-hybridized carbons (Fsp3) is 0.348. The Kier molecular flexibility index (Phi) is 8.86. The lowest BCUT2D eigenvalue weighted by molar-refractivity contribution is -0.130. The number of methoxy groups -OCH3 is 4. The fourth-order valence-corrected chi connectivity index (χ4v) is 3.62. The van der Waals surface area contributed by atoms with Crippen molar-refractivity contribution in [1.29, 1.82) is 0 Å². The Hall–Kier alpha value is -3.08. The number of aliphatic hydroxyl groups is 1. The highest BCUT2D eigenvalue weighted by atomic mass is 32.2. The number of carbonyl (C=O) groups is 1. The van der Waals surface area contributed by atoms with E-state index in [1.54, 1.807) is 18.2 Å². The number of carbonyl (C=O) groups excluding carboxylic acids is 1. The average molecular weight is 480 g/mol. The van der Waals surface area contributed by atoms with Gasteiger partial charge in [-0.25, -0.2) is 4.21 Å². The highest BCUT2D eigenvalue weighted by Crippen LogP contribution is 2.38. The quantitative estimate of drug-likeness (QED) is 0.270. The Morgan fingerprint density at radius 1 is 0.970 bits per heavy atom. The van der Waals surface area contributed by atoms with Crippen molar-refractivity contribution in [2.45, 2.75) is 25.2 Å². The van der Waals surface area contributed by atoms with Crippen LogP contribution in [0.1, 0.15) is 30.5 Å². The molecule has 10 heteroatoms. The van der Waals surface area contributed by atoms with Crippen LogP contribution in [0.3, 0.4) is 0 Å². The lowest BCUT2D eigenvalue weighted by Crippen LogP contribution is -2.36. The molecule has 0 bridgehead atoms. The highest BCUT2D eigenvalue weighted by molar-refractivity contribution is 7.78. The molecule has 0 aromatic heterocycles. The van der Waals surface area contributed by atoms with Gasteiger partial charge < -0.3 is 33.9 Å². The summed E-state index contributed by atoms with van der Waals surface area (Å²) in [6.07, 6.45) is 0. The van der Waals surface area contributed by atoms with Gasteiger partial charge in [-0.3, -0.25) is 4.79 Å². The number of amides is 1. The van der Waals surface area contributed by atoms with E-state index in [0.29, 0.717) is 28.2 Å². The van der Waals surface area contributed by atoms with Crippen molar-refractivity contribution in [2.75, 3.05) is 33.8 Å². The molecule has 0 saturated heterocycles. The zero-order valence-electron chi connectivity index (χ0n) is 19.4. The lowest BCUT2D eigenvalue weighted by atomic mass is 10.0. The number of benzene rings is 2. The number of rotatable bonds is 10. The number of anilines is 1. The van der Waals surface area contributed by atoms with Gasteiger partial charge in [0.1, 0.15) is 17.1 Å². The van der Waals surface area contributed by atoms with Gasteiger partial charge in [-0.05, 0) is 43.7 Å². The summed E-state index contributed by atoms with van der Waals surface area (Å²) >= 11 is -2.20. The molecule has 0 aliphatic rings. The number of hydrogen-bond donors (Lipinski definition) is 3. The van der Waals surface area contributed by atoms with Crippen molar-refractivity contribution < 1.29 is 37.6 Å². The SMILES string of the molecule is COC(=C(OC)c1ccccc1OC)c1cc(OC)c(NC(=O)C(C)(C)O)cc1CS(=O)O. The molecule has 33 heavy (non-hydrogen) atoms. The molecule has 1 amide bonds. The van der Waals surface area contributed by atoms with Crippen molar-refractivity contribution in [3.05, 3.63) is 53.1 Å². The van der Waals surface area contributed by atoms with E-state index in [-0.39, 0.29) is 22.9 Å². The molecule has 0 radical (unpaired) electrons. The predicted octanol–water partition coefficient (Wildman–Crippen LogP) is 3.25. The molecule has 180 valence electrons. The first-order valence-electron chi connectivity index (χ1n) is 9.85. The van der Waals surface area contributed by atoms with Crippen LogP contribution in [-0.2, 0) is 31.1 Å². The maximum Gasteiger partial charge on any atom is 0.255 e. The molecule has 0 spiro atoms. The predicted molar refractivity (Wildman–Crippen MR) is 126 cm³/mol. The van der Waals surface area contributed by atoms with Gasteiger partial charge in [0.15, 0.2) is 22.6 Å². The topological polar surface area (TPSA) is 124 Å². The molecule has 0 aliphatic heterocycles. The Morgan fingerprint density at radius 3 is 2.06 bits per heavy atom.